The van der Waals surface area contributed by atoms with Crippen LogP contribution in [0.25, 0.3) is 92.2 Å². The Balaban J connectivity index is 1.08. The molecule has 0 N–H and O–H groups in total. The van der Waals surface area contributed by atoms with E-state index in [9.17, 15) is 0 Å². The Labute approximate surface area is 318 Å². The van der Waals surface area contributed by atoms with Gasteiger partial charge in [-0.05, 0) is 91.0 Å². The van der Waals surface area contributed by atoms with Crippen molar-refractivity contribution >= 4 is 103 Å². The zero-order valence-corrected chi connectivity index (χ0v) is 30.1. The lowest BCUT2D eigenvalue weighted by molar-refractivity contribution is 0.619. The smallest absolute Gasteiger partial charge is 0.227 e. The second-order valence-electron chi connectivity index (χ2n) is 14.0. The molecular formula is C49H29N3O2S. The zero-order valence-electron chi connectivity index (χ0n) is 29.3. The van der Waals surface area contributed by atoms with E-state index in [1.54, 1.807) is 0 Å². The van der Waals surface area contributed by atoms with E-state index in [4.69, 9.17) is 13.8 Å². The highest BCUT2D eigenvalue weighted by Gasteiger charge is 2.21. The molecule has 0 amide bonds. The van der Waals surface area contributed by atoms with Gasteiger partial charge in [0.15, 0.2) is 5.58 Å². The zero-order chi connectivity index (χ0) is 36.0. The lowest BCUT2D eigenvalue weighted by atomic mass is 10.1. The van der Waals surface area contributed by atoms with Gasteiger partial charge in [-0.25, -0.2) is 4.98 Å². The second kappa shape index (κ2) is 11.7. The fourth-order valence-corrected chi connectivity index (χ4v) is 9.48. The van der Waals surface area contributed by atoms with Crippen LogP contribution >= 0.6 is 11.3 Å². The van der Waals surface area contributed by atoms with Gasteiger partial charge in [-0.1, -0.05) is 78.9 Å². The largest absolute Gasteiger partial charge is 0.456 e. The molecule has 8 aromatic carbocycles. The molecule has 4 aromatic heterocycles. The van der Waals surface area contributed by atoms with Crippen molar-refractivity contribution in [1.82, 2.24) is 9.55 Å². The number of fused-ring (bicyclic) bond motifs is 11. The highest BCUT2D eigenvalue weighted by atomic mass is 32.1. The van der Waals surface area contributed by atoms with Gasteiger partial charge in [0.1, 0.15) is 16.7 Å². The van der Waals surface area contributed by atoms with Gasteiger partial charge in [0.05, 0.1) is 16.4 Å². The Morgan fingerprint density at radius 3 is 1.98 bits per heavy atom. The average Bonchev–Trinajstić information content (AvgIpc) is 4.01. The Morgan fingerprint density at radius 1 is 0.455 bits per heavy atom. The second-order valence-corrected chi connectivity index (χ2v) is 15.0. The molecule has 0 aliphatic rings. The summed E-state index contributed by atoms with van der Waals surface area (Å²) in [5.74, 6) is 0.598. The lowest BCUT2D eigenvalue weighted by Gasteiger charge is -2.26. The topological polar surface area (TPSA) is 47.3 Å². The van der Waals surface area contributed by atoms with E-state index < -0.39 is 0 Å². The SMILES string of the molecule is c1ccc(-c2nc3c(ccc4oc5cc(N(c6ccc7c(c6)sc6ccccc67)c6ccc7c(c6)c6ccccc6n7-c6ccccc6)ccc5c43)o2)cc1. The first-order chi connectivity index (χ1) is 27.2. The van der Waals surface area contributed by atoms with Crippen LogP contribution in [0.2, 0.25) is 0 Å². The maximum Gasteiger partial charge on any atom is 0.227 e. The van der Waals surface area contributed by atoms with Crippen LogP contribution in [-0.4, -0.2) is 9.55 Å². The molecule has 55 heavy (non-hydrogen) atoms. The van der Waals surface area contributed by atoms with Gasteiger partial charge in [0.2, 0.25) is 5.89 Å². The van der Waals surface area contributed by atoms with E-state index in [1.165, 1.54) is 36.5 Å². The summed E-state index contributed by atoms with van der Waals surface area (Å²) in [7, 11) is 0. The Bertz CT molecular complexity index is 3450. The summed E-state index contributed by atoms with van der Waals surface area (Å²) in [6.07, 6.45) is 0. The van der Waals surface area contributed by atoms with Crippen LogP contribution in [0.5, 0.6) is 0 Å². The third-order valence-electron chi connectivity index (χ3n) is 10.8. The molecule has 0 unspecified atom stereocenters. The van der Waals surface area contributed by atoms with Gasteiger partial charge in [-0.15, -0.1) is 11.3 Å². The predicted molar refractivity (Wildman–Crippen MR) is 229 cm³/mol. The van der Waals surface area contributed by atoms with Gasteiger partial charge in [0, 0.05) is 70.7 Å². The Hall–Kier alpha value is -7.15. The summed E-state index contributed by atoms with van der Waals surface area (Å²) in [5, 5.41) is 6.91. The molecule has 0 bridgehead atoms. The Kier molecular flexibility index (Phi) is 6.44. The molecule has 0 radical (unpaired) electrons. The van der Waals surface area contributed by atoms with Crippen molar-refractivity contribution in [2.24, 2.45) is 0 Å². The van der Waals surface area contributed by atoms with E-state index in [2.05, 4.69) is 143 Å². The van der Waals surface area contributed by atoms with E-state index in [1.807, 2.05) is 53.8 Å². The molecule has 0 fully saturated rings. The van der Waals surface area contributed by atoms with Crippen LogP contribution in [0.1, 0.15) is 0 Å². The highest BCUT2D eigenvalue weighted by Crippen LogP contribution is 2.45. The number of anilines is 3. The van der Waals surface area contributed by atoms with Crippen LogP contribution in [0.4, 0.5) is 17.1 Å². The molecule has 0 aliphatic heterocycles. The van der Waals surface area contributed by atoms with Crippen molar-refractivity contribution in [2.45, 2.75) is 0 Å². The molecular weight excluding hydrogens is 695 g/mol. The highest BCUT2D eigenvalue weighted by molar-refractivity contribution is 7.25. The average molecular weight is 724 g/mol. The fraction of sp³-hybridized carbons (Fsp3) is 0. The molecule has 258 valence electrons. The summed E-state index contributed by atoms with van der Waals surface area (Å²) in [4.78, 5) is 7.32. The minimum atomic E-state index is 0.598. The number of nitrogens with zero attached hydrogens (tertiary/aromatic N) is 3. The molecule has 4 heterocycles. The third-order valence-corrected chi connectivity index (χ3v) is 11.9. The minimum absolute atomic E-state index is 0.598. The van der Waals surface area contributed by atoms with Crippen molar-refractivity contribution in [3.8, 4) is 17.1 Å². The van der Waals surface area contributed by atoms with Gasteiger partial charge in [-0.3, -0.25) is 0 Å². The third kappa shape index (κ3) is 4.62. The number of furan rings is 1. The van der Waals surface area contributed by atoms with Crippen LogP contribution in [0.3, 0.4) is 0 Å². The molecule has 5 nitrogen and oxygen atoms in total. The fourth-order valence-electron chi connectivity index (χ4n) is 8.34. The van der Waals surface area contributed by atoms with E-state index in [0.717, 1.165) is 66.9 Å². The van der Waals surface area contributed by atoms with Crippen molar-refractivity contribution in [1.29, 1.82) is 0 Å². The molecule has 6 heteroatoms. The standard InChI is InChI=1S/C49H29N3O2S/c1-3-11-30(12-4-1)49-50-48-43(54-49)26-25-42-47(48)38-23-20-33(28-44(38)53-42)51(34-19-22-37-36-16-8-10-18-45(36)55-46(37)29-34)32-21-24-41-39(27-32)35-15-7-9-17-40(35)52(41)31-13-5-2-6-14-31/h1-29H. The maximum absolute atomic E-state index is 6.62. The molecule has 0 aliphatic carbocycles. The predicted octanol–water partition coefficient (Wildman–Crippen LogP) is 14.3. The van der Waals surface area contributed by atoms with Crippen LogP contribution in [0.15, 0.2) is 185 Å². The van der Waals surface area contributed by atoms with Crippen molar-refractivity contribution < 1.29 is 8.83 Å². The molecule has 0 saturated heterocycles. The quantitative estimate of drug-likeness (QED) is 0.177. The number of hydrogen-bond acceptors (Lipinski definition) is 5. The van der Waals surface area contributed by atoms with Crippen LogP contribution in [0, 0.1) is 0 Å². The summed E-state index contributed by atoms with van der Waals surface area (Å²) < 4.78 is 17.8. The first kappa shape index (κ1) is 30.3. The van der Waals surface area contributed by atoms with Crippen molar-refractivity contribution in [3.05, 3.63) is 176 Å². The number of hydrogen-bond donors (Lipinski definition) is 0. The van der Waals surface area contributed by atoms with Gasteiger partial charge < -0.3 is 18.3 Å². The number of rotatable bonds is 5. The van der Waals surface area contributed by atoms with E-state index in [0.29, 0.717) is 5.89 Å². The van der Waals surface area contributed by atoms with Gasteiger partial charge in [-0.2, -0.15) is 0 Å². The van der Waals surface area contributed by atoms with Crippen LogP contribution < -0.4 is 4.90 Å². The number of aromatic nitrogens is 2. The molecule has 0 saturated carbocycles. The number of benzene rings is 8. The van der Waals surface area contributed by atoms with Crippen LogP contribution in [-0.2, 0) is 0 Å². The number of oxazole rings is 1. The minimum Gasteiger partial charge on any atom is -0.456 e. The first-order valence-corrected chi connectivity index (χ1v) is 19.2. The molecule has 12 aromatic rings. The van der Waals surface area contributed by atoms with E-state index in [-0.39, 0.29) is 0 Å². The van der Waals surface area contributed by atoms with Crippen molar-refractivity contribution in [3.63, 3.8) is 0 Å². The normalized spacial score (nSPS) is 12.0. The summed E-state index contributed by atoms with van der Waals surface area (Å²) in [6.45, 7) is 0. The summed E-state index contributed by atoms with van der Waals surface area (Å²) in [5.41, 5.74) is 10.7. The summed E-state index contributed by atoms with van der Waals surface area (Å²) in [6, 6.07) is 62.1. The molecule has 0 atom stereocenters. The maximum atomic E-state index is 6.62. The lowest BCUT2D eigenvalue weighted by Crippen LogP contribution is -2.09. The molecule has 12 rings (SSSR count). The molecule has 0 spiro atoms. The van der Waals surface area contributed by atoms with Crippen molar-refractivity contribution in [2.75, 3.05) is 4.90 Å². The van der Waals surface area contributed by atoms with E-state index >= 15 is 0 Å². The van der Waals surface area contributed by atoms with Gasteiger partial charge >= 0.3 is 0 Å². The summed E-state index contributed by atoms with van der Waals surface area (Å²) >= 11 is 1.83. The monoisotopic (exact) mass is 723 g/mol. The van der Waals surface area contributed by atoms with Gasteiger partial charge in [0.25, 0.3) is 0 Å². The Morgan fingerprint density at radius 2 is 1.11 bits per heavy atom. The first-order valence-electron chi connectivity index (χ1n) is 18.4. The number of para-hydroxylation sites is 2. The number of thiophene rings is 1.